The first-order chi connectivity index (χ1) is 15.2. The lowest BCUT2D eigenvalue weighted by atomic mass is 10.1. The molecule has 0 aliphatic carbocycles. The van der Waals surface area contributed by atoms with Gasteiger partial charge in [0.25, 0.3) is 0 Å². The van der Waals surface area contributed by atoms with E-state index >= 15 is 0 Å². The Morgan fingerprint density at radius 1 is 1.13 bits per heavy atom. The van der Waals surface area contributed by atoms with Gasteiger partial charge >= 0.3 is 0 Å². The highest BCUT2D eigenvalue weighted by Gasteiger charge is 2.33. The van der Waals surface area contributed by atoms with Crippen molar-refractivity contribution in [2.75, 3.05) is 26.8 Å². The third-order valence-corrected chi connectivity index (χ3v) is 5.72. The Labute approximate surface area is 183 Å². The quantitative estimate of drug-likeness (QED) is 0.361. The van der Waals surface area contributed by atoms with Crippen molar-refractivity contribution in [3.8, 4) is 11.5 Å². The highest BCUT2D eigenvalue weighted by Crippen LogP contribution is 2.31. The van der Waals surface area contributed by atoms with Crippen molar-refractivity contribution in [2.24, 2.45) is 0 Å². The van der Waals surface area contributed by atoms with Crippen LogP contribution in [-0.4, -0.2) is 47.2 Å². The fourth-order valence-corrected chi connectivity index (χ4v) is 4.21. The van der Waals surface area contributed by atoms with Crippen molar-refractivity contribution in [3.63, 3.8) is 0 Å². The van der Waals surface area contributed by atoms with E-state index in [1.165, 1.54) is 0 Å². The molecule has 1 amide bonds. The second kappa shape index (κ2) is 9.69. The van der Waals surface area contributed by atoms with Gasteiger partial charge in [0.05, 0.1) is 24.8 Å². The number of rotatable bonds is 10. The molecule has 0 spiro atoms. The largest absolute Gasteiger partial charge is 0.493 e. The van der Waals surface area contributed by atoms with E-state index in [-0.39, 0.29) is 11.8 Å². The number of amides is 1. The molecule has 0 unspecified atom stereocenters. The molecule has 2 heterocycles. The molecule has 0 saturated carbocycles. The van der Waals surface area contributed by atoms with Crippen molar-refractivity contribution in [1.29, 1.82) is 0 Å². The second-order valence-corrected chi connectivity index (χ2v) is 7.81. The highest BCUT2D eigenvalue weighted by atomic mass is 16.5. The molecule has 4 rings (SSSR count). The van der Waals surface area contributed by atoms with E-state index < -0.39 is 0 Å². The minimum atomic E-state index is 0.115. The predicted molar refractivity (Wildman–Crippen MR) is 122 cm³/mol. The minimum absolute atomic E-state index is 0.115. The first kappa shape index (κ1) is 21.0. The van der Waals surface area contributed by atoms with E-state index in [1.807, 2.05) is 47.4 Å². The number of aromatic nitrogens is 2. The fraction of sp³-hybridized carbons (Fsp3) is 0.360. The lowest BCUT2D eigenvalue weighted by molar-refractivity contribution is -0.127. The molecule has 6 heteroatoms. The van der Waals surface area contributed by atoms with Gasteiger partial charge in [0, 0.05) is 32.0 Å². The van der Waals surface area contributed by atoms with Crippen molar-refractivity contribution >= 4 is 16.9 Å². The van der Waals surface area contributed by atoms with Crippen LogP contribution in [0.3, 0.4) is 0 Å². The van der Waals surface area contributed by atoms with Crippen molar-refractivity contribution in [3.05, 3.63) is 67.0 Å². The number of nitrogens with zero attached hydrogens (tertiary/aromatic N) is 3. The summed E-state index contributed by atoms with van der Waals surface area (Å²) in [5.74, 6) is 2.82. The molecular formula is C25H29N3O3. The summed E-state index contributed by atoms with van der Waals surface area (Å²) in [6.45, 7) is 6.52. The number of methoxy groups -OCH3 is 1. The van der Waals surface area contributed by atoms with Crippen LogP contribution in [0.5, 0.6) is 11.5 Å². The van der Waals surface area contributed by atoms with Crippen LogP contribution in [0.15, 0.2) is 61.2 Å². The number of hydrogen-bond donors (Lipinski definition) is 0. The molecular weight excluding hydrogens is 390 g/mol. The summed E-state index contributed by atoms with van der Waals surface area (Å²) in [5.41, 5.74) is 2.11. The maximum atomic E-state index is 12.4. The van der Waals surface area contributed by atoms with E-state index in [0.717, 1.165) is 47.7 Å². The molecule has 1 aromatic heterocycles. The molecule has 1 aliphatic rings. The first-order valence-electron chi connectivity index (χ1n) is 10.8. The average molecular weight is 420 g/mol. The van der Waals surface area contributed by atoms with Crippen LogP contribution in [0.25, 0.3) is 11.0 Å². The number of unbranched alkanes of at least 4 members (excludes halogenated alkanes) is 1. The number of aryl methyl sites for hydroxylation is 1. The molecule has 2 aromatic carbocycles. The standard InChI is InChI=1S/C25H29N3O3/c1-3-14-27-18-19(17-24(27)29)25-26-20-10-4-5-11-21(20)28(25)15-8-9-16-31-23-13-7-6-12-22(23)30-2/h3-7,10-13,19H,1,8-9,14-18H2,2H3/t19-/m0/s1. The number of carbonyl (C=O) groups excluding carboxylic acids is 1. The zero-order chi connectivity index (χ0) is 21.6. The topological polar surface area (TPSA) is 56.6 Å². The zero-order valence-corrected chi connectivity index (χ0v) is 18.0. The van der Waals surface area contributed by atoms with Crippen molar-refractivity contribution in [1.82, 2.24) is 14.5 Å². The number of benzene rings is 2. The van der Waals surface area contributed by atoms with E-state index in [1.54, 1.807) is 13.2 Å². The van der Waals surface area contributed by atoms with Gasteiger partial charge in [-0.2, -0.15) is 0 Å². The normalized spacial score (nSPS) is 16.1. The zero-order valence-electron chi connectivity index (χ0n) is 18.0. The third-order valence-electron chi connectivity index (χ3n) is 5.72. The molecule has 0 radical (unpaired) electrons. The number of para-hydroxylation sites is 4. The van der Waals surface area contributed by atoms with E-state index in [0.29, 0.717) is 26.1 Å². The summed E-state index contributed by atoms with van der Waals surface area (Å²) in [5, 5.41) is 0. The van der Waals surface area contributed by atoms with Gasteiger partial charge in [0.2, 0.25) is 5.91 Å². The van der Waals surface area contributed by atoms with Gasteiger partial charge in [-0.15, -0.1) is 6.58 Å². The van der Waals surface area contributed by atoms with Crippen molar-refractivity contribution < 1.29 is 14.3 Å². The Balaban J connectivity index is 1.43. The molecule has 3 aromatic rings. The van der Waals surface area contributed by atoms with Gasteiger partial charge in [-0.05, 0) is 37.1 Å². The van der Waals surface area contributed by atoms with Crippen LogP contribution in [0.2, 0.25) is 0 Å². The molecule has 1 aliphatic heterocycles. The van der Waals surface area contributed by atoms with Gasteiger partial charge in [0.1, 0.15) is 5.82 Å². The number of hydrogen-bond acceptors (Lipinski definition) is 4. The molecule has 0 N–H and O–H groups in total. The minimum Gasteiger partial charge on any atom is -0.493 e. The maximum absolute atomic E-state index is 12.4. The molecule has 1 atom stereocenters. The Morgan fingerprint density at radius 3 is 2.71 bits per heavy atom. The number of carbonyl (C=O) groups is 1. The third kappa shape index (κ3) is 4.58. The lowest BCUT2D eigenvalue weighted by Crippen LogP contribution is -2.25. The molecule has 0 bridgehead atoms. The smallest absolute Gasteiger partial charge is 0.223 e. The van der Waals surface area contributed by atoms with Gasteiger partial charge in [-0.3, -0.25) is 4.79 Å². The summed E-state index contributed by atoms with van der Waals surface area (Å²) < 4.78 is 13.5. The maximum Gasteiger partial charge on any atom is 0.223 e. The summed E-state index contributed by atoms with van der Waals surface area (Å²) in [6.07, 6.45) is 4.16. The Morgan fingerprint density at radius 2 is 1.90 bits per heavy atom. The highest BCUT2D eigenvalue weighted by molar-refractivity contribution is 5.81. The summed E-state index contributed by atoms with van der Waals surface area (Å²) in [7, 11) is 1.65. The van der Waals surface area contributed by atoms with Crippen LogP contribution < -0.4 is 9.47 Å². The van der Waals surface area contributed by atoms with Crippen LogP contribution in [0, 0.1) is 0 Å². The summed E-state index contributed by atoms with van der Waals surface area (Å²) >= 11 is 0. The van der Waals surface area contributed by atoms with Gasteiger partial charge in [-0.1, -0.05) is 30.3 Å². The van der Waals surface area contributed by atoms with Gasteiger partial charge in [0.15, 0.2) is 11.5 Å². The van der Waals surface area contributed by atoms with Gasteiger partial charge in [-0.25, -0.2) is 4.98 Å². The number of imidazole rings is 1. The molecule has 1 saturated heterocycles. The van der Waals surface area contributed by atoms with Crippen LogP contribution in [0.1, 0.15) is 31.0 Å². The van der Waals surface area contributed by atoms with Crippen molar-refractivity contribution in [2.45, 2.75) is 31.7 Å². The average Bonchev–Trinajstić information content (AvgIpc) is 3.34. The van der Waals surface area contributed by atoms with E-state index in [4.69, 9.17) is 14.5 Å². The fourth-order valence-electron chi connectivity index (χ4n) is 4.21. The monoisotopic (exact) mass is 419 g/mol. The molecule has 162 valence electrons. The molecule has 31 heavy (non-hydrogen) atoms. The van der Waals surface area contributed by atoms with Gasteiger partial charge < -0.3 is 18.9 Å². The summed E-state index contributed by atoms with van der Waals surface area (Å²) in [6, 6.07) is 15.9. The first-order valence-corrected chi connectivity index (χ1v) is 10.8. The molecule has 1 fully saturated rings. The SMILES string of the molecule is C=CCN1C[C@@H](c2nc3ccccc3n2CCCCOc2ccccc2OC)CC1=O. The van der Waals surface area contributed by atoms with Crippen LogP contribution in [-0.2, 0) is 11.3 Å². The van der Waals surface area contributed by atoms with E-state index in [2.05, 4.69) is 17.2 Å². The van der Waals surface area contributed by atoms with Crippen LogP contribution in [0.4, 0.5) is 0 Å². The van der Waals surface area contributed by atoms with E-state index in [9.17, 15) is 4.79 Å². The Bertz CT molecular complexity index is 1060. The molecule has 6 nitrogen and oxygen atoms in total. The Hall–Kier alpha value is -3.28. The number of fused-ring (bicyclic) bond motifs is 1. The second-order valence-electron chi connectivity index (χ2n) is 7.81. The number of likely N-dealkylation sites (tertiary alicyclic amines) is 1. The summed E-state index contributed by atoms with van der Waals surface area (Å²) in [4.78, 5) is 19.1. The Kier molecular flexibility index (Phi) is 6.55. The lowest BCUT2D eigenvalue weighted by Gasteiger charge is -2.16. The predicted octanol–water partition coefficient (Wildman–Crippen LogP) is 4.41. The number of ether oxygens (including phenoxy) is 2. The van der Waals surface area contributed by atoms with Crippen LogP contribution >= 0.6 is 0 Å².